The van der Waals surface area contributed by atoms with Crippen LogP contribution >= 0.6 is 0 Å². The van der Waals surface area contributed by atoms with Crippen molar-refractivity contribution >= 4 is 0 Å². The number of nitrogens with zero attached hydrogens (tertiary/aromatic N) is 1. The summed E-state index contributed by atoms with van der Waals surface area (Å²) in [6.07, 6.45) is 6.97. The Balaban J connectivity index is 1.67. The molecule has 4 aliphatic rings. The summed E-state index contributed by atoms with van der Waals surface area (Å²) in [6.45, 7) is 13.7. The minimum Gasteiger partial charge on any atom is -0.311 e. The van der Waals surface area contributed by atoms with Gasteiger partial charge in [-0.05, 0) is 64.3 Å². The van der Waals surface area contributed by atoms with Gasteiger partial charge in [0, 0.05) is 24.2 Å². The molecule has 1 aliphatic carbocycles. The SMILES string of the molecule is CCCCCNC1(C)C2CC3CC1CN(C2)C3(C)C. The molecule has 2 heteroatoms. The van der Waals surface area contributed by atoms with Crippen LogP contribution in [0.1, 0.15) is 59.8 Å². The largest absolute Gasteiger partial charge is 0.311 e. The van der Waals surface area contributed by atoms with Crippen LogP contribution in [0.3, 0.4) is 0 Å². The summed E-state index contributed by atoms with van der Waals surface area (Å²) in [5, 5.41) is 3.98. The van der Waals surface area contributed by atoms with Crippen molar-refractivity contribution in [3.63, 3.8) is 0 Å². The van der Waals surface area contributed by atoms with E-state index in [0.29, 0.717) is 11.1 Å². The summed E-state index contributed by atoms with van der Waals surface area (Å²) in [7, 11) is 0. The van der Waals surface area contributed by atoms with Gasteiger partial charge in [0.1, 0.15) is 0 Å². The first-order chi connectivity index (χ1) is 8.98. The van der Waals surface area contributed by atoms with Gasteiger partial charge in [-0.1, -0.05) is 19.8 Å². The average Bonchev–Trinajstić information content (AvgIpc) is 2.32. The van der Waals surface area contributed by atoms with E-state index in [0.717, 1.165) is 17.8 Å². The molecule has 4 fully saturated rings. The average molecular weight is 264 g/mol. The molecule has 0 aromatic heterocycles. The van der Waals surface area contributed by atoms with Gasteiger partial charge in [0.05, 0.1) is 0 Å². The number of hydrogen-bond donors (Lipinski definition) is 1. The van der Waals surface area contributed by atoms with Crippen LogP contribution in [-0.4, -0.2) is 35.6 Å². The summed E-state index contributed by atoms with van der Waals surface area (Å²) in [5.74, 6) is 2.72. The fraction of sp³-hybridized carbons (Fsp3) is 1.00. The van der Waals surface area contributed by atoms with E-state index in [-0.39, 0.29) is 0 Å². The summed E-state index contributed by atoms with van der Waals surface area (Å²) >= 11 is 0. The molecule has 0 amide bonds. The molecule has 4 rings (SSSR count). The Morgan fingerprint density at radius 3 is 2.16 bits per heavy atom. The lowest BCUT2D eigenvalue weighted by Gasteiger charge is -2.67. The monoisotopic (exact) mass is 264 g/mol. The maximum Gasteiger partial charge on any atom is 0.0234 e. The van der Waals surface area contributed by atoms with Gasteiger partial charge in [0.25, 0.3) is 0 Å². The normalized spacial score (nSPS) is 46.7. The maximum atomic E-state index is 3.98. The molecule has 0 radical (unpaired) electrons. The maximum absolute atomic E-state index is 3.98. The van der Waals surface area contributed by atoms with E-state index in [9.17, 15) is 0 Å². The molecule has 4 bridgehead atoms. The quantitative estimate of drug-likeness (QED) is 0.767. The van der Waals surface area contributed by atoms with E-state index in [1.165, 1.54) is 51.7 Å². The minimum atomic E-state index is 0.428. The molecule has 3 aliphatic heterocycles. The van der Waals surface area contributed by atoms with Gasteiger partial charge < -0.3 is 5.32 Å². The third kappa shape index (κ3) is 2.06. The van der Waals surface area contributed by atoms with Gasteiger partial charge in [-0.2, -0.15) is 0 Å². The number of nitrogens with one attached hydrogen (secondary N) is 1. The molecule has 0 aromatic carbocycles. The lowest BCUT2D eigenvalue weighted by molar-refractivity contribution is -0.154. The second kappa shape index (κ2) is 4.73. The predicted octanol–water partition coefficient (Wildman–Crippen LogP) is 3.28. The van der Waals surface area contributed by atoms with Gasteiger partial charge in [0.15, 0.2) is 0 Å². The van der Waals surface area contributed by atoms with Gasteiger partial charge in [-0.15, -0.1) is 0 Å². The van der Waals surface area contributed by atoms with Crippen LogP contribution in [0.25, 0.3) is 0 Å². The molecule has 2 nitrogen and oxygen atoms in total. The summed E-state index contributed by atoms with van der Waals surface area (Å²) in [5.41, 5.74) is 0.897. The van der Waals surface area contributed by atoms with Crippen molar-refractivity contribution in [1.29, 1.82) is 0 Å². The molecule has 3 heterocycles. The second-order valence-electron chi connectivity index (χ2n) is 8.04. The fourth-order valence-corrected chi connectivity index (χ4v) is 5.07. The zero-order valence-corrected chi connectivity index (χ0v) is 13.3. The van der Waals surface area contributed by atoms with Gasteiger partial charge >= 0.3 is 0 Å². The van der Waals surface area contributed by atoms with E-state index < -0.39 is 0 Å². The molecule has 1 N–H and O–H groups in total. The Hall–Kier alpha value is -0.0800. The second-order valence-corrected chi connectivity index (χ2v) is 8.04. The number of unbranched alkanes of at least 4 members (excludes halogenated alkanes) is 2. The van der Waals surface area contributed by atoms with E-state index >= 15 is 0 Å². The topological polar surface area (TPSA) is 15.3 Å². The number of rotatable bonds is 5. The van der Waals surface area contributed by atoms with E-state index in [1.807, 2.05) is 0 Å². The molecular formula is C17H32N2. The van der Waals surface area contributed by atoms with Crippen LogP contribution in [0.5, 0.6) is 0 Å². The highest BCUT2D eigenvalue weighted by molar-refractivity contribution is 5.15. The Labute approximate surface area is 119 Å². The molecule has 0 aromatic rings. The fourth-order valence-electron chi connectivity index (χ4n) is 5.07. The van der Waals surface area contributed by atoms with E-state index in [4.69, 9.17) is 0 Å². The smallest absolute Gasteiger partial charge is 0.0234 e. The molecule has 3 saturated heterocycles. The Morgan fingerprint density at radius 1 is 1.00 bits per heavy atom. The van der Waals surface area contributed by atoms with Crippen LogP contribution in [0.2, 0.25) is 0 Å². The minimum absolute atomic E-state index is 0.428. The van der Waals surface area contributed by atoms with Crippen molar-refractivity contribution < 1.29 is 0 Å². The molecule has 0 spiro atoms. The van der Waals surface area contributed by atoms with E-state index in [1.54, 1.807) is 0 Å². The van der Waals surface area contributed by atoms with E-state index in [2.05, 4.69) is 37.9 Å². The third-order valence-electron chi connectivity index (χ3n) is 6.82. The first-order valence-electron chi connectivity index (χ1n) is 8.48. The zero-order chi connectivity index (χ0) is 13.7. The Bertz CT molecular complexity index is 302. The standard InChI is InChI=1S/C17H32N2/c1-5-6-7-8-18-17(4)14-9-13-10-15(17)12-19(11-14)16(13,2)3/h13-15,18H,5-12H2,1-4H3. The van der Waals surface area contributed by atoms with Crippen molar-refractivity contribution in [3.8, 4) is 0 Å². The number of piperidine rings is 3. The highest BCUT2D eigenvalue weighted by Crippen LogP contribution is 2.55. The molecular weight excluding hydrogens is 232 g/mol. The third-order valence-corrected chi connectivity index (χ3v) is 6.82. The number of hydrogen-bond acceptors (Lipinski definition) is 2. The lowest BCUT2D eigenvalue weighted by atomic mass is 9.53. The molecule has 1 saturated carbocycles. The Kier molecular flexibility index (Phi) is 3.46. The first-order valence-corrected chi connectivity index (χ1v) is 8.48. The van der Waals surface area contributed by atoms with Crippen molar-refractivity contribution in [2.75, 3.05) is 19.6 Å². The summed E-state index contributed by atoms with van der Waals surface area (Å²) < 4.78 is 0. The zero-order valence-electron chi connectivity index (χ0n) is 13.3. The predicted molar refractivity (Wildman–Crippen MR) is 81.3 cm³/mol. The van der Waals surface area contributed by atoms with Crippen molar-refractivity contribution in [3.05, 3.63) is 0 Å². The van der Waals surface area contributed by atoms with Crippen LogP contribution < -0.4 is 5.32 Å². The van der Waals surface area contributed by atoms with Crippen molar-refractivity contribution in [2.24, 2.45) is 17.8 Å². The van der Waals surface area contributed by atoms with Crippen molar-refractivity contribution in [1.82, 2.24) is 10.2 Å². The van der Waals surface area contributed by atoms with Gasteiger partial charge in [0.2, 0.25) is 0 Å². The van der Waals surface area contributed by atoms with Crippen LogP contribution in [0, 0.1) is 17.8 Å². The van der Waals surface area contributed by atoms with Crippen LogP contribution in [0.4, 0.5) is 0 Å². The summed E-state index contributed by atoms with van der Waals surface area (Å²) in [4.78, 5) is 2.79. The first kappa shape index (κ1) is 13.9. The van der Waals surface area contributed by atoms with Gasteiger partial charge in [-0.3, -0.25) is 4.90 Å². The van der Waals surface area contributed by atoms with Crippen LogP contribution in [0.15, 0.2) is 0 Å². The van der Waals surface area contributed by atoms with Crippen molar-refractivity contribution in [2.45, 2.75) is 70.9 Å². The lowest BCUT2D eigenvalue weighted by Crippen LogP contribution is -2.75. The van der Waals surface area contributed by atoms with Gasteiger partial charge in [-0.25, -0.2) is 0 Å². The molecule has 2 unspecified atom stereocenters. The molecule has 2 atom stereocenters. The Morgan fingerprint density at radius 2 is 1.63 bits per heavy atom. The molecule has 19 heavy (non-hydrogen) atoms. The summed E-state index contributed by atoms with van der Waals surface area (Å²) in [6, 6.07) is 0. The highest BCUT2D eigenvalue weighted by atomic mass is 15.3. The highest BCUT2D eigenvalue weighted by Gasteiger charge is 2.59. The van der Waals surface area contributed by atoms with Crippen LogP contribution in [-0.2, 0) is 0 Å². The molecule has 110 valence electrons.